The Bertz CT molecular complexity index is 376. The maximum Gasteiger partial charge on any atom is 0.0449 e. The summed E-state index contributed by atoms with van der Waals surface area (Å²) < 4.78 is 0. The number of rotatable bonds is 2. The lowest BCUT2D eigenvalue weighted by Crippen LogP contribution is -2.49. The Labute approximate surface area is 110 Å². The van der Waals surface area contributed by atoms with Crippen molar-refractivity contribution in [3.8, 4) is 0 Å². The summed E-state index contributed by atoms with van der Waals surface area (Å²) >= 11 is 0. The van der Waals surface area contributed by atoms with Crippen molar-refractivity contribution in [1.82, 2.24) is 10.2 Å². The van der Waals surface area contributed by atoms with Gasteiger partial charge in [-0.15, -0.1) is 0 Å². The van der Waals surface area contributed by atoms with Crippen molar-refractivity contribution in [2.45, 2.75) is 38.3 Å². The first kappa shape index (κ1) is 12.2. The molecule has 2 aliphatic rings. The van der Waals surface area contributed by atoms with Crippen LogP contribution in [0.3, 0.4) is 0 Å². The van der Waals surface area contributed by atoms with Gasteiger partial charge in [0.15, 0.2) is 0 Å². The molecule has 2 fully saturated rings. The fraction of sp³-hybridized carbons (Fsp3) is 0.625. The van der Waals surface area contributed by atoms with Crippen molar-refractivity contribution >= 4 is 0 Å². The lowest BCUT2D eigenvalue weighted by Gasteiger charge is -2.37. The predicted molar refractivity (Wildman–Crippen MR) is 75.6 cm³/mol. The number of nitrogens with zero attached hydrogens (tertiary/aromatic N) is 1. The Morgan fingerprint density at radius 3 is 2.72 bits per heavy atom. The third-order valence-corrected chi connectivity index (χ3v) is 4.59. The number of hydrogen-bond donors (Lipinski definition) is 1. The number of hydrogen-bond acceptors (Lipinski definition) is 2. The molecule has 0 bridgehead atoms. The molecular formula is C16H24N2. The highest BCUT2D eigenvalue weighted by Gasteiger charge is 2.30. The Balaban J connectivity index is 1.65. The molecule has 1 aliphatic carbocycles. The van der Waals surface area contributed by atoms with Crippen molar-refractivity contribution < 1.29 is 0 Å². The molecule has 1 aromatic carbocycles. The fourth-order valence-corrected chi connectivity index (χ4v) is 3.52. The molecule has 1 saturated carbocycles. The van der Waals surface area contributed by atoms with Crippen LogP contribution in [0.25, 0.3) is 0 Å². The molecular weight excluding hydrogens is 220 g/mol. The molecule has 0 aromatic heterocycles. The Hall–Kier alpha value is -0.860. The molecule has 1 N–H and O–H groups in total. The molecule has 0 amide bonds. The standard InChI is InChI=1S/C16H24N2/c1-13-7-8-15(11-13)18-10-9-17-16(12-18)14-5-3-2-4-6-14/h2-6,13,15-17H,7-12H2,1H3. The van der Waals surface area contributed by atoms with Gasteiger partial charge in [-0.1, -0.05) is 37.3 Å². The van der Waals surface area contributed by atoms with Gasteiger partial charge >= 0.3 is 0 Å². The summed E-state index contributed by atoms with van der Waals surface area (Å²) in [5.74, 6) is 0.931. The van der Waals surface area contributed by atoms with E-state index in [2.05, 4.69) is 47.5 Å². The van der Waals surface area contributed by atoms with Crippen molar-refractivity contribution in [2.75, 3.05) is 19.6 Å². The Kier molecular flexibility index (Phi) is 3.67. The van der Waals surface area contributed by atoms with Crippen LogP contribution in [0.1, 0.15) is 37.8 Å². The van der Waals surface area contributed by atoms with E-state index in [-0.39, 0.29) is 0 Å². The molecule has 18 heavy (non-hydrogen) atoms. The Morgan fingerprint density at radius 1 is 1.17 bits per heavy atom. The smallest absolute Gasteiger partial charge is 0.0449 e. The van der Waals surface area contributed by atoms with E-state index in [1.165, 1.54) is 37.9 Å². The second-order valence-corrected chi connectivity index (χ2v) is 5.98. The summed E-state index contributed by atoms with van der Waals surface area (Å²) in [7, 11) is 0. The van der Waals surface area contributed by atoms with Gasteiger partial charge in [-0.2, -0.15) is 0 Å². The monoisotopic (exact) mass is 244 g/mol. The molecule has 98 valence electrons. The minimum absolute atomic E-state index is 0.524. The first-order valence-electron chi connectivity index (χ1n) is 7.35. The van der Waals surface area contributed by atoms with Gasteiger partial charge in [0.05, 0.1) is 0 Å². The third-order valence-electron chi connectivity index (χ3n) is 4.59. The van der Waals surface area contributed by atoms with E-state index in [9.17, 15) is 0 Å². The van der Waals surface area contributed by atoms with Gasteiger partial charge < -0.3 is 5.32 Å². The van der Waals surface area contributed by atoms with Crippen LogP contribution in [0.4, 0.5) is 0 Å². The van der Waals surface area contributed by atoms with E-state index in [4.69, 9.17) is 0 Å². The lowest BCUT2D eigenvalue weighted by atomic mass is 10.0. The van der Waals surface area contributed by atoms with E-state index in [0.29, 0.717) is 6.04 Å². The first-order valence-corrected chi connectivity index (χ1v) is 7.35. The zero-order chi connectivity index (χ0) is 12.4. The van der Waals surface area contributed by atoms with E-state index < -0.39 is 0 Å². The zero-order valence-corrected chi connectivity index (χ0v) is 11.3. The molecule has 0 radical (unpaired) electrons. The van der Waals surface area contributed by atoms with Crippen molar-refractivity contribution in [3.63, 3.8) is 0 Å². The summed E-state index contributed by atoms with van der Waals surface area (Å²) in [4.78, 5) is 2.72. The summed E-state index contributed by atoms with van der Waals surface area (Å²) in [5, 5.41) is 3.66. The van der Waals surface area contributed by atoms with Gasteiger partial charge in [-0.05, 0) is 30.7 Å². The van der Waals surface area contributed by atoms with Crippen LogP contribution in [-0.4, -0.2) is 30.6 Å². The van der Waals surface area contributed by atoms with E-state index in [1.807, 2.05) is 0 Å². The molecule has 1 aliphatic heterocycles. The molecule has 1 aromatic rings. The van der Waals surface area contributed by atoms with Crippen molar-refractivity contribution in [3.05, 3.63) is 35.9 Å². The van der Waals surface area contributed by atoms with Crippen LogP contribution in [-0.2, 0) is 0 Å². The van der Waals surface area contributed by atoms with Gasteiger partial charge in [0.25, 0.3) is 0 Å². The van der Waals surface area contributed by atoms with Crippen LogP contribution in [0, 0.1) is 5.92 Å². The number of benzene rings is 1. The number of piperazine rings is 1. The van der Waals surface area contributed by atoms with Crippen LogP contribution in [0.5, 0.6) is 0 Å². The summed E-state index contributed by atoms with van der Waals surface area (Å²) in [5.41, 5.74) is 1.44. The maximum absolute atomic E-state index is 3.66. The average Bonchev–Trinajstić information content (AvgIpc) is 2.87. The second-order valence-electron chi connectivity index (χ2n) is 5.98. The fourth-order valence-electron chi connectivity index (χ4n) is 3.52. The van der Waals surface area contributed by atoms with Crippen LogP contribution in [0.2, 0.25) is 0 Å². The first-order chi connectivity index (χ1) is 8.83. The molecule has 2 nitrogen and oxygen atoms in total. The minimum Gasteiger partial charge on any atom is -0.308 e. The molecule has 1 heterocycles. The third kappa shape index (κ3) is 2.60. The van der Waals surface area contributed by atoms with Gasteiger partial charge in [-0.25, -0.2) is 0 Å². The summed E-state index contributed by atoms with van der Waals surface area (Å²) in [6.45, 7) is 5.93. The molecule has 0 spiro atoms. The molecule has 3 unspecified atom stereocenters. The second kappa shape index (κ2) is 5.41. The van der Waals surface area contributed by atoms with E-state index in [1.54, 1.807) is 0 Å². The van der Waals surface area contributed by atoms with Crippen LogP contribution >= 0.6 is 0 Å². The molecule has 1 saturated heterocycles. The number of nitrogens with one attached hydrogen (secondary N) is 1. The minimum atomic E-state index is 0.524. The highest BCUT2D eigenvalue weighted by atomic mass is 15.2. The quantitative estimate of drug-likeness (QED) is 0.860. The molecule has 3 rings (SSSR count). The lowest BCUT2D eigenvalue weighted by molar-refractivity contribution is 0.143. The topological polar surface area (TPSA) is 15.3 Å². The SMILES string of the molecule is CC1CCC(N2CCNC(c3ccccc3)C2)C1. The van der Waals surface area contributed by atoms with E-state index >= 15 is 0 Å². The van der Waals surface area contributed by atoms with Crippen LogP contribution < -0.4 is 5.32 Å². The van der Waals surface area contributed by atoms with E-state index in [0.717, 1.165) is 18.5 Å². The van der Waals surface area contributed by atoms with Gasteiger partial charge in [0.1, 0.15) is 0 Å². The van der Waals surface area contributed by atoms with Gasteiger partial charge in [0, 0.05) is 31.7 Å². The van der Waals surface area contributed by atoms with Crippen molar-refractivity contribution in [1.29, 1.82) is 0 Å². The van der Waals surface area contributed by atoms with Gasteiger partial charge in [0.2, 0.25) is 0 Å². The van der Waals surface area contributed by atoms with Gasteiger partial charge in [-0.3, -0.25) is 4.90 Å². The zero-order valence-electron chi connectivity index (χ0n) is 11.3. The highest BCUT2D eigenvalue weighted by Crippen LogP contribution is 2.30. The molecule has 2 heteroatoms. The highest BCUT2D eigenvalue weighted by molar-refractivity contribution is 5.19. The summed E-state index contributed by atoms with van der Waals surface area (Å²) in [6.07, 6.45) is 4.23. The predicted octanol–water partition coefficient (Wildman–Crippen LogP) is 2.82. The summed E-state index contributed by atoms with van der Waals surface area (Å²) in [6, 6.07) is 12.3. The van der Waals surface area contributed by atoms with Crippen molar-refractivity contribution in [2.24, 2.45) is 5.92 Å². The Morgan fingerprint density at radius 2 is 2.00 bits per heavy atom. The normalized spacial score (nSPS) is 33.7. The average molecular weight is 244 g/mol. The largest absolute Gasteiger partial charge is 0.308 e. The maximum atomic E-state index is 3.66. The molecule has 3 atom stereocenters. The van der Waals surface area contributed by atoms with Crippen LogP contribution in [0.15, 0.2) is 30.3 Å².